The molecule has 0 saturated heterocycles. The Morgan fingerprint density at radius 3 is 2.74 bits per heavy atom. The van der Waals surface area contributed by atoms with Crippen LogP contribution in [0.3, 0.4) is 0 Å². The number of pyridine rings is 3. The summed E-state index contributed by atoms with van der Waals surface area (Å²) in [6.45, 7) is 0. The highest BCUT2D eigenvalue weighted by Gasteiger charge is 2.33. The Bertz CT molecular complexity index is 1750. The molecule has 5 aromatic rings. The molecule has 5 heterocycles. The summed E-state index contributed by atoms with van der Waals surface area (Å²) in [6.07, 6.45) is 10.2. The average Bonchev–Trinajstić information content (AvgIpc) is 3.63. The zero-order valence-corrected chi connectivity index (χ0v) is 21.0. The third-order valence-corrected chi connectivity index (χ3v) is 7.55. The van der Waals surface area contributed by atoms with Gasteiger partial charge in [-0.1, -0.05) is 6.07 Å². The number of fused-ring (bicyclic) bond motifs is 2. The van der Waals surface area contributed by atoms with Crippen LogP contribution in [0.5, 0.6) is 17.2 Å². The number of aromatic nitrogens is 6. The molecular formula is C27H27N7O4. The van der Waals surface area contributed by atoms with E-state index >= 15 is 0 Å². The Labute approximate surface area is 217 Å². The van der Waals surface area contributed by atoms with Crippen LogP contribution in [-0.2, 0) is 7.05 Å². The number of hydrogen-bond donors (Lipinski definition) is 2. The molecule has 38 heavy (non-hydrogen) atoms. The fraction of sp³-hybridized carbons (Fsp3) is 0.333. The summed E-state index contributed by atoms with van der Waals surface area (Å²) in [4.78, 5) is 22.6. The number of nitrogens with one attached hydrogen (secondary N) is 1. The van der Waals surface area contributed by atoms with E-state index in [1.165, 1.54) is 0 Å². The lowest BCUT2D eigenvalue weighted by molar-refractivity contribution is 0.0299. The molecule has 2 saturated carbocycles. The lowest BCUT2D eigenvalue weighted by Gasteiger charge is -2.34. The molecular weight excluding hydrogens is 486 g/mol. The molecule has 7 rings (SSSR count). The van der Waals surface area contributed by atoms with E-state index in [0.29, 0.717) is 52.4 Å². The lowest BCUT2D eigenvalue weighted by Crippen LogP contribution is -2.39. The van der Waals surface area contributed by atoms with Gasteiger partial charge in [-0.25, -0.2) is 9.50 Å². The van der Waals surface area contributed by atoms with Crippen LogP contribution in [0.2, 0.25) is 0 Å². The minimum absolute atomic E-state index is 0.178. The van der Waals surface area contributed by atoms with Crippen molar-refractivity contribution in [3.63, 3.8) is 0 Å². The SMILES string of the molecule is COc1c(Oc2cnn3ccccc23)cnc2nc(Nc3cc(C4CC4)cn([C@H]4CC[C@H]4O)c3=O)n(C)c12. The first-order valence-corrected chi connectivity index (χ1v) is 12.7. The molecule has 0 unspecified atom stereocenters. The number of hydrogen-bond acceptors (Lipinski definition) is 8. The molecule has 2 N–H and O–H groups in total. The zero-order valence-electron chi connectivity index (χ0n) is 21.0. The van der Waals surface area contributed by atoms with Crippen molar-refractivity contribution in [2.75, 3.05) is 12.4 Å². The number of aliphatic hydroxyl groups is 1. The van der Waals surface area contributed by atoms with E-state index in [0.717, 1.165) is 30.3 Å². The van der Waals surface area contributed by atoms with E-state index in [1.54, 1.807) is 33.2 Å². The van der Waals surface area contributed by atoms with Gasteiger partial charge in [-0.15, -0.1) is 0 Å². The fourth-order valence-corrected chi connectivity index (χ4v) is 5.12. The largest absolute Gasteiger partial charge is 0.491 e. The summed E-state index contributed by atoms with van der Waals surface area (Å²) in [7, 11) is 3.40. The molecule has 2 atom stereocenters. The fourth-order valence-electron chi connectivity index (χ4n) is 5.12. The van der Waals surface area contributed by atoms with Gasteiger partial charge >= 0.3 is 0 Å². The molecule has 0 radical (unpaired) electrons. The van der Waals surface area contributed by atoms with Crippen LogP contribution >= 0.6 is 0 Å². The first-order valence-electron chi connectivity index (χ1n) is 12.7. The number of nitrogens with zero attached hydrogens (tertiary/aromatic N) is 6. The summed E-state index contributed by atoms with van der Waals surface area (Å²) in [5.74, 6) is 2.35. The molecule has 5 aromatic heterocycles. The Morgan fingerprint density at radius 1 is 1.13 bits per heavy atom. The third kappa shape index (κ3) is 3.61. The van der Waals surface area contributed by atoms with Crippen molar-refractivity contribution in [1.82, 2.24) is 28.7 Å². The lowest BCUT2D eigenvalue weighted by atomic mass is 9.88. The number of rotatable bonds is 7. The molecule has 0 aliphatic heterocycles. The molecule has 194 valence electrons. The Kier molecular flexibility index (Phi) is 5.15. The molecule has 2 fully saturated rings. The maximum absolute atomic E-state index is 13.4. The first kappa shape index (κ1) is 22.8. The molecule has 2 aliphatic carbocycles. The normalized spacial score (nSPS) is 19.0. The van der Waals surface area contributed by atoms with Crippen molar-refractivity contribution in [2.45, 2.75) is 43.7 Å². The molecule has 0 spiro atoms. The maximum atomic E-state index is 13.4. The Hall–Kier alpha value is -4.38. The maximum Gasteiger partial charge on any atom is 0.274 e. The summed E-state index contributed by atoms with van der Waals surface area (Å²) in [6, 6.07) is 7.44. The van der Waals surface area contributed by atoms with Crippen molar-refractivity contribution in [3.8, 4) is 17.2 Å². The van der Waals surface area contributed by atoms with Crippen LogP contribution < -0.4 is 20.3 Å². The van der Waals surface area contributed by atoms with Crippen LogP contribution in [0.4, 0.5) is 11.6 Å². The van der Waals surface area contributed by atoms with Crippen LogP contribution in [0, 0.1) is 0 Å². The summed E-state index contributed by atoms with van der Waals surface area (Å²) < 4.78 is 17.1. The van der Waals surface area contributed by atoms with Crippen molar-refractivity contribution in [1.29, 1.82) is 0 Å². The first-order chi connectivity index (χ1) is 18.5. The number of anilines is 2. The number of methoxy groups -OCH3 is 1. The van der Waals surface area contributed by atoms with E-state index < -0.39 is 6.10 Å². The highest BCUT2D eigenvalue weighted by Crippen LogP contribution is 2.42. The van der Waals surface area contributed by atoms with E-state index in [1.807, 2.05) is 43.7 Å². The second-order valence-electron chi connectivity index (χ2n) is 9.97. The Morgan fingerprint density at radius 2 is 2.00 bits per heavy atom. The van der Waals surface area contributed by atoms with Crippen molar-refractivity contribution in [2.24, 2.45) is 7.05 Å². The predicted octanol–water partition coefficient (Wildman–Crippen LogP) is 3.90. The van der Waals surface area contributed by atoms with Gasteiger partial charge in [0.1, 0.15) is 16.7 Å². The zero-order chi connectivity index (χ0) is 26.0. The molecule has 11 nitrogen and oxygen atoms in total. The quantitative estimate of drug-likeness (QED) is 0.336. The van der Waals surface area contributed by atoms with Gasteiger partial charge in [0.15, 0.2) is 22.9 Å². The summed E-state index contributed by atoms with van der Waals surface area (Å²) >= 11 is 0. The second kappa shape index (κ2) is 8.59. The van der Waals surface area contributed by atoms with Crippen molar-refractivity contribution < 1.29 is 14.6 Å². The van der Waals surface area contributed by atoms with Gasteiger partial charge in [0.05, 0.1) is 31.6 Å². The van der Waals surface area contributed by atoms with Gasteiger partial charge in [0.2, 0.25) is 5.95 Å². The van der Waals surface area contributed by atoms with Crippen LogP contribution in [0.25, 0.3) is 16.7 Å². The monoisotopic (exact) mass is 513 g/mol. The minimum Gasteiger partial charge on any atom is -0.491 e. The van der Waals surface area contributed by atoms with Crippen LogP contribution in [-0.4, -0.2) is 47.0 Å². The van der Waals surface area contributed by atoms with E-state index in [2.05, 4.69) is 20.4 Å². The third-order valence-electron chi connectivity index (χ3n) is 7.55. The smallest absolute Gasteiger partial charge is 0.274 e. The molecule has 0 aromatic carbocycles. The number of imidazole rings is 1. The number of ether oxygens (including phenoxy) is 2. The summed E-state index contributed by atoms with van der Waals surface area (Å²) in [5, 5.41) is 17.8. The number of aliphatic hydroxyl groups excluding tert-OH is 1. The van der Waals surface area contributed by atoms with Crippen LogP contribution in [0.15, 0.2) is 53.8 Å². The van der Waals surface area contributed by atoms with Crippen molar-refractivity contribution in [3.05, 3.63) is 65.0 Å². The predicted molar refractivity (Wildman–Crippen MR) is 141 cm³/mol. The van der Waals surface area contributed by atoms with Crippen molar-refractivity contribution >= 4 is 28.3 Å². The molecule has 11 heteroatoms. The summed E-state index contributed by atoms with van der Waals surface area (Å²) in [5.41, 5.74) is 3.23. The van der Waals surface area contributed by atoms with E-state index in [4.69, 9.17) is 9.47 Å². The topological polar surface area (TPSA) is 121 Å². The highest BCUT2D eigenvalue weighted by atomic mass is 16.5. The Balaban J connectivity index is 1.28. The molecule has 0 amide bonds. The standard InChI is InChI=1S/C27H27N7O4/c1-32-23-24(37-2)22(38-21-13-29-34-10-4-3-5-19(21)34)12-28-25(23)31-27(32)30-17-11-16(15-6-7-15)14-33(26(17)36)18-8-9-20(18)35/h3-5,10-15,18,20,35H,6-9H2,1-2H3,(H,28,30,31)/t18-,20+/m0/s1. The van der Waals surface area contributed by atoms with Gasteiger partial charge in [0.25, 0.3) is 5.56 Å². The van der Waals surface area contributed by atoms with E-state index in [-0.39, 0.29) is 11.6 Å². The second-order valence-corrected chi connectivity index (χ2v) is 9.97. The van der Waals surface area contributed by atoms with Gasteiger partial charge < -0.3 is 29.0 Å². The molecule has 2 aliphatic rings. The molecule has 0 bridgehead atoms. The highest BCUT2D eigenvalue weighted by molar-refractivity contribution is 5.85. The van der Waals surface area contributed by atoms with Crippen LogP contribution in [0.1, 0.15) is 43.2 Å². The van der Waals surface area contributed by atoms with Gasteiger partial charge in [-0.2, -0.15) is 10.1 Å². The minimum atomic E-state index is -0.495. The van der Waals surface area contributed by atoms with E-state index in [9.17, 15) is 9.90 Å². The number of aryl methyl sites for hydroxylation is 1. The average molecular weight is 514 g/mol. The van der Waals surface area contributed by atoms with Gasteiger partial charge in [-0.3, -0.25) is 4.79 Å². The van der Waals surface area contributed by atoms with Gasteiger partial charge in [0, 0.05) is 19.4 Å². The van der Waals surface area contributed by atoms with Gasteiger partial charge in [-0.05, 0) is 55.4 Å².